The van der Waals surface area contributed by atoms with Gasteiger partial charge in [-0.1, -0.05) is 0 Å². The van der Waals surface area contributed by atoms with E-state index in [-0.39, 0.29) is 0 Å². The second kappa shape index (κ2) is 7.29. The number of hydrogen-bond donors (Lipinski definition) is 1. The maximum atomic E-state index is 6.26. The third-order valence-corrected chi connectivity index (χ3v) is 4.95. The summed E-state index contributed by atoms with van der Waals surface area (Å²) >= 11 is 3.49. The van der Waals surface area contributed by atoms with E-state index in [1.807, 2.05) is 35.9 Å². The molecular formula is C19H20BrN3O3. The van der Waals surface area contributed by atoms with Gasteiger partial charge in [-0.3, -0.25) is 0 Å². The van der Waals surface area contributed by atoms with Crippen LogP contribution in [0.1, 0.15) is 0 Å². The van der Waals surface area contributed by atoms with Crippen LogP contribution in [0, 0.1) is 0 Å². The summed E-state index contributed by atoms with van der Waals surface area (Å²) in [5.41, 5.74) is 10.3. The fourth-order valence-electron chi connectivity index (χ4n) is 2.85. The minimum atomic E-state index is 0.616. The molecule has 2 aromatic carbocycles. The number of aromatic nitrogens is 2. The molecule has 0 spiro atoms. The Morgan fingerprint density at radius 1 is 1.00 bits per heavy atom. The molecule has 2 N–H and O–H groups in total. The summed E-state index contributed by atoms with van der Waals surface area (Å²) in [5.74, 6) is 2.04. The number of nitrogens with zero attached hydrogens (tertiary/aromatic N) is 2. The van der Waals surface area contributed by atoms with Crippen molar-refractivity contribution in [3.8, 4) is 39.8 Å². The van der Waals surface area contributed by atoms with Crippen LogP contribution in [0.4, 0.5) is 5.69 Å². The number of nitrogens with two attached hydrogens (primary N) is 1. The van der Waals surface area contributed by atoms with Gasteiger partial charge in [-0.05, 0) is 40.2 Å². The number of imidazole rings is 1. The molecule has 0 amide bonds. The van der Waals surface area contributed by atoms with Gasteiger partial charge in [-0.2, -0.15) is 0 Å². The maximum Gasteiger partial charge on any atom is 0.137 e. The van der Waals surface area contributed by atoms with Crippen LogP contribution in [0.25, 0.3) is 22.5 Å². The largest absolute Gasteiger partial charge is 0.497 e. The molecule has 7 heteroatoms. The summed E-state index contributed by atoms with van der Waals surface area (Å²) in [4.78, 5) is 4.58. The lowest BCUT2D eigenvalue weighted by Crippen LogP contribution is -1.98. The van der Waals surface area contributed by atoms with Crippen LogP contribution in [0.2, 0.25) is 0 Å². The van der Waals surface area contributed by atoms with E-state index in [0.29, 0.717) is 22.9 Å². The first-order chi connectivity index (χ1) is 12.5. The highest BCUT2D eigenvalue weighted by Crippen LogP contribution is 2.42. The molecule has 26 heavy (non-hydrogen) atoms. The van der Waals surface area contributed by atoms with Gasteiger partial charge in [-0.15, -0.1) is 0 Å². The normalized spacial score (nSPS) is 10.7. The number of methoxy groups -OCH3 is 3. The van der Waals surface area contributed by atoms with Crippen LogP contribution in [-0.2, 0) is 7.05 Å². The number of benzene rings is 2. The standard InChI is InChI=1S/C19H20BrN3O3/c1-23-10-22-18(11-7-15(25-3)17(20)16(8-11)26-4)19(23)13-6-5-12(24-2)9-14(13)21/h5-10H,21H2,1-4H3. The number of ether oxygens (including phenoxy) is 3. The fraction of sp³-hybridized carbons (Fsp3) is 0.211. The Balaban J connectivity index is 2.21. The van der Waals surface area contributed by atoms with Crippen molar-refractivity contribution in [2.24, 2.45) is 7.05 Å². The lowest BCUT2D eigenvalue weighted by molar-refractivity contribution is 0.390. The first-order valence-corrected chi connectivity index (χ1v) is 8.66. The van der Waals surface area contributed by atoms with Gasteiger partial charge in [0.2, 0.25) is 0 Å². The first-order valence-electron chi connectivity index (χ1n) is 7.87. The van der Waals surface area contributed by atoms with Crippen LogP contribution < -0.4 is 19.9 Å². The average molecular weight is 418 g/mol. The minimum Gasteiger partial charge on any atom is -0.497 e. The second-order valence-corrected chi connectivity index (χ2v) is 6.49. The minimum absolute atomic E-state index is 0.616. The van der Waals surface area contributed by atoms with E-state index >= 15 is 0 Å². The van der Waals surface area contributed by atoms with Crippen molar-refractivity contribution in [2.45, 2.75) is 0 Å². The van der Waals surface area contributed by atoms with Crippen LogP contribution in [0.3, 0.4) is 0 Å². The smallest absolute Gasteiger partial charge is 0.137 e. The molecule has 6 nitrogen and oxygen atoms in total. The predicted octanol–water partition coefficient (Wildman–Crippen LogP) is 4.12. The van der Waals surface area contributed by atoms with Gasteiger partial charge in [0.25, 0.3) is 0 Å². The molecule has 0 unspecified atom stereocenters. The molecule has 0 aliphatic carbocycles. The predicted molar refractivity (Wildman–Crippen MR) is 106 cm³/mol. The summed E-state index contributed by atoms with van der Waals surface area (Å²) in [5, 5.41) is 0. The van der Waals surface area contributed by atoms with Crippen molar-refractivity contribution in [1.82, 2.24) is 9.55 Å². The van der Waals surface area contributed by atoms with Gasteiger partial charge in [-0.25, -0.2) is 4.98 Å². The molecule has 3 rings (SSSR count). The molecular weight excluding hydrogens is 398 g/mol. The van der Waals surface area contributed by atoms with E-state index in [1.165, 1.54) is 0 Å². The molecule has 0 saturated heterocycles. The Morgan fingerprint density at radius 3 is 2.19 bits per heavy atom. The third-order valence-electron chi connectivity index (χ3n) is 4.17. The topological polar surface area (TPSA) is 71.5 Å². The molecule has 1 heterocycles. The molecule has 3 aromatic rings. The Morgan fingerprint density at radius 2 is 1.65 bits per heavy atom. The average Bonchev–Trinajstić information content (AvgIpc) is 3.03. The quantitative estimate of drug-likeness (QED) is 0.631. The zero-order chi connectivity index (χ0) is 18.8. The molecule has 0 atom stereocenters. The molecule has 0 aliphatic heterocycles. The molecule has 0 aliphatic rings. The maximum absolute atomic E-state index is 6.26. The van der Waals surface area contributed by atoms with Gasteiger partial charge < -0.3 is 24.5 Å². The monoisotopic (exact) mass is 417 g/mol. The lowest BCUT2D eigenvalue weighted by atomic mass is 10.0. The van der Waals surface area contributed by atoms with Crippen molar-refractivity contribution in [2.75, 3.05) is 27.1 Å². The number of nitrogen functional groups attached to an aromatic ring is 1. The van der Waals surface area contributed by atoms with Crippen molar-refractivity contribution < 1.29 is 14.2 Å². The van der Waals surface area contributed by atoms with Crippen molar-refractivity contribution in [1.29, 1.82) is 0 Å². The number of aryl methyl sites for hydroxylation is 1. The van der Waals surface area contributed by atoms with E-state index in [4.69, 9.17) is 19.9 Å². The van der Waals surface area contributed by atoms with Crippen molar-refractivity contribution in [3.63, 3.8) is 0 Å². The van der Waals surface area contributed by atoms with E-state index in [9.17, 15) is 0 Å². The Bertz CT molecular complexity index is 928. The molecule has 0 saturated carbocycles. The first kappa shape index (κ1) is 18.1. The zero-order valence-corrected chi connectivity index (χ0v) is 16.6. The van der Waals surface area contributed by atoms with Gasteiger partial charge in [0, 0.05) is 29.9 Å². The fourth-order valence-corrected chi connectivity index (χ4v) is 3.40. The molecule has 0 radical (unpaired) electrons. The highest BCUT2D eigenvalue weighted by molar-refractivity contribution is 9.10. The second-order valence-electron chi connectivity index (χ2n) is 5.70. The van der Waals surface area contributed by atoms with Crippen molar-refractivity contribution in [3.05, 3.63) is 41.1 Å². The summed E-state index contributed by atoms with van der Waals surface area (Å²) in [6.07, 6.45) is 1.76. The van der Waals surface area contributed by atoms with E-state index < -0.39 is 0 Å². The Hall–Kier alpha value is -2.67. The molecule has 1 aromatic heterocycles. The van der Waals surface area contributed by atoms with Crippen molar-refractivity contribution >= 4 is 21.6 Å². The SMILES string of the molecule is COc1ccc(-c2c(-c3cc(OC)c(Br)c(OC)c3)ncn2C)c(N)c1. The lowest BCUT2D eigenvalue weighted by Gasteiger charge is -2.13. The number of halogens is 1. The summed E-state index contributed by atoms with van der Waals surface area (Å²) in [6, 6.07) is 9.44. The van der Waals surface area contributed by atoms with Crippen LogP contribution >= 0.6 is 15.9 Å². The van der Waals surface area contributed by atoms with Crippen LogP contribution in [0.5, 0.6) is 17.2 Å². The zero-order valence-electron chi connectivity index (χ0n) is 15.0. The van der Waals surface area contributed by atoms with Gasteiger partial charge >= 0.3 is 0 Å². The summed E-state index contributed by atoms with van der Waals surface area (Å²) in [7, 11) is 6.78. The van der Waals surface area contributed by atoms with Crippen LogP contribution in [-0.4, -0.2) is 30.9 Å². The summed E-state index contributed by atoms with van der Waals surface area (Å²) < 4.78 is 18.8. The van der Waals surface area contributed by atoms with Gasteiger partial charge in [0.1, 0.15) is 21.7 Å². The Kier molecular flexibility index (Phi) is 5.08. The van der Waals surface area contributed by atoms with Gasteiger partial charge in [0.15, 0.2) is 0 Å². The van der Waals surface area contributed by atoms with E-state index in [2.05, 4.69) is 20.9 Å². The number of anilines is 1. The number of rotatable bonds is 5. The highest BCUT2D eigenvalue weighted by atomic mass is 79.9. The van der Waals surface area contributed by atoms with Gasteiger partial charge in [0.05, 0.1) is 39.0 Å². The third kappa shape index (κ3) is 3.10. The number of hydrogen-bond acceptors (Lipinski definition) is 5. The summed E-state index contributed by atoms with van der Waals surface area (Å²) in [6.45, 7) is 0. The molecule has 0 bridgehead atoms. The van der Waals surface area contributed by atoms with E-state index in [1.54, 1.807) is 33.7 Å². The van der Waals surface area contributed by atoms with E-state index in [0.717, 1.165) is 27.0 Å². The van der Waals surface area contributed by atoms with Crippen LogP contribution in [0.15, 0.2) is 41.1 Å². The molecule has 136 valence electrons. The highest BCUT2D eigenvalue weighted by Gasteiger charge is 2.19. The molecule has 0 fully saturated rings. The Labute approximate surface area is 160 Å².